The molecule has 0 unspecified atom stereocenters. The van der Waals surface area contributed by atoms with Crippen LogP contribution in [0.1, 0.15) is 12.8 Å². The Balaban J connectivity index is 1.66. The molecule has 2 rings (SSSR count). The molecule has 1 heterocycles. The Morgan fingerprint density at radius 1 is 1.26 bits per heavy atom. The topological polar surface area (TPSA) is 47.9 Å². The van der Waals surface area contributed by atoms with Gasteiger partial charge in [0, 0.05) is 13.2 Å². The molecule has 0 aliphatic carbocycles. The van der Waals surface area contributed by atoms with Crippen molar-refractivity contribution >= 4 is 15.9 Å². The summed E-state index contributed by atoms with van der Waals surface area (Å²) in [5.41, 5.74) is 0. The van der Waals surface area contributed by atoms with E-state index in [0.29, 0.717) is 6.61 Å². The Bertz CT molecular complexity index is 379. The smallest absolute Gasteiger partial charge is 0.133 e. The molecule has 19 heavy (non-hydrogen) atoms. The van der Waals surface area contributed by atoms with E-state index in [1.165, 1.54) is 0 Å². The van der Waals surface area contributed by atoms with Crippen LogP contribution in [-0.2, 0) is 9.47 Å². The van der Waals surface area contributed by atoms with Crippen LogP contribution in [0.15, 0.2) is 28.7 Å². The number of aliphatic hydroxyl groups is 1. The lowest BCUT2D eigenvalue weighted by Crippen LogP contribution is -2.30. The minimum absolute atomic E-state index is 0.201. The van der Waals surface area contributed by atoms with Crippen LogP contribution >= 0.6 is 15.9 Å². The molecule has 4 nitrogen and oxygen atoms in total. The fourth-order valence-electron chi connectivity index (χ4n) is 1.89. The van der Waals surface area contributed by atoms with Crippen molar-refractivity contribution in [3.63, 3.8) is 0 Å². The molecular formula is C14H19BrO4. The largest absolute Gasteiger partial charge is 0.490 e. The number of hydrogen-bond acceptors (Lipinski definition) is 4. The molecule has 0 radical (unpaired) electrons. The summed E-state index contributed by atoms with van der Waals surface area (Å²) in [5.74, 6) is 0.729. The van der Waals surface area contributed by atoms with E-state index in [4.69, 9.17) is 14.2 Å². The van der Waals surface area contributed by atoms with Gasteiger partial charge < -0.3 is 19.3 Å². The third-order valence-electron chi connectivity index (χ3n) is 2.96. The maximum absolute atomic E-state index is 9.84. The number of aliphatic hydroxyl groups excluding tert-OH is 1. The van der Waals surface area contributed by atoms with E-state index in [9.17, 15) is 5.11 Å². The van der Waals surface area contributed by atoms with Gasteiger partial charge >= 0.3 is 0 Å². The van der Waals surface area contributed by atoms with Crippen LogP contribution in [0, 0.1) is 0 Å². The van der Waals surface area contributed by atoms with Crippen molar-refractivity contribution in [1.82, 2.24) is 0 Å². The highest BCUT2D eigenvalue weighted by atomic mass is 79.9. The molecular weight excluding hydrogens is 312 g/mol. The maximum Gasteiger partial charge on any atom is 0.133 e. The van der Waals surface area contributed by atoms with E-state index in [2.05, 4.69) is 15.9 Å². The fraction of sp³-hybridized carbons (Fsp3) is 0.571. The summed E-state index contributed by atoms with van der Waals surface area (Å²) in [6.45, 7) is 2.02. The van der Waals surface area contributed by atoms with Gasteiger partial charge in [-0.05, 0) is 40.9 Å². The summed E-state index contributed by atoms with van der Waals surface area (Å²) in [4.78, 5) is 0. The molecule has 1 saturated heterocycles. The summed E-state index contributed by atoms with van der Waals surface area (Å²) in [6.07, 6.45) is 1.39. The molecule has 1 aliphatic heterocycles. The van der Waals surface area contributed by atoms with E-state index >= 15 is 0 Å². The summed E-state index contributed by atoms with van der Waals surface area (Å²) in [7, 11) is 0. The second-order valence-corrected chi connectivity index (χ2v) is 5.39. The van der Waals surface area contributed by atoms with Gasteiger partial charge in [-0.25, -0.2) is 0 Å². The Labute approximate surface area is 121 Å². The van der Waals surface area contributed by atoms with Crippen molar-refractivity contribution < 1.29 is 19.3 Å². The summed E-state index contributed by atoms with van der Waals surface area (Å²) < 4.78 is 17.3. The van der Waals surface area contributed by atoms with E-state index < -0.39 is 6.10 Å². The SMILES string of the molecule is O[C@@H](COc1ccccc1Br)COC1CCOCC1. The van der Waals surface area contributed by atoms with Gasteiger partial charge in [0.1, 0.15) is 18.5 Å². The zero-order chi connectivity index (χ0) is 13.5. The Morgan fingerprint density at radius 3 is 2.74 bits per heavy atom. The summed E-state index contributed by atoms with van der Waals surface area (Å²) in [6, 6.07) is 7.57. The lowest BCUT2D eigenvalue weighted by molar-refractivity contribution is -0.0659. The van der Waals surface area contributed by atoms with Crippen LogP contribution in [0.5, 0.6) is 5.75 Å². The average molecular weight is 331 g/mol. The first-order chi connectivity index (χ1) is 9.25. The molecule has 0 bridgehead atoms. The number of halogens is 1. The maximum atomic E-state index is 9.84. The quantitative estimate of drug-likeness (QED) is 0.870. The highest BCUT2D eigenvalue weighted by Gasteiger charge is 2.16. The monoisotopic (exact) mass is 330 g/mol. The molecule has 1 fully saturated rings. The van der Waals surface area contributed by atoms with Gasteiger partial charge in [-0.1, -0.05) is 12.1 Å². The Hall–Kier alpha value is -0.620. The standard InChI is InChI=1S/C14H19BrO4/c15-13-3-1-2-4-14(13)19-10-11(16)9-18-12-5-7-17-8-6-12/h1-4,11-12,16H,5-10H2/t11-/m1/s1. The van der Waals surface area contributed by atoms with Gasteiger partial charge in [-0.3, -0.25) is 0 Å². The normalized spacial score (nSPS) is 18.2. The highest BCUT2D eigenvalue weighted by Crippen LogP contribution is 2.23. The third kappa shape index (κ3) is 5.10. The Kier molecular flexibility index (Phi) is 6.10. The van der Waals surface area contributed by atoms with E-state index in [1.807, 2.05) is 24.3 Å². The lowest BCUT2D eigenvalue weighted by atomic mass is 10.1. The zero-order valence-electron chi connectivity index (χ0n) is 10.8. The van der Waals surface area contributed by atoms with Crippen LogP contribution in [-0.4, -0.2) is 43.7 Å². The molecule has 106 valence electrons. The fourth-order valence-corrected chi connectivity index (χ4v) is 2.28. The molecule has 0 aromatic heterocycles. The number of para-hydroxylation sites is 1. The first-order valence-corrected chi connectivity index (χ1v) is 7.30. The minimum atomic E-state index is -0.616. The van der Waals surface area contributed by atoms with Gasteiger partial charge in [0.2, 0.25) is 0 Å². The predicted molar refractivity (Wildman–Crippen MR) is 75.4 cm³/mol. The third-order valence-corrected chi connectivity index (χ3v) is 3.62. The summed E-state index contributed by atoms with van der Waals surface area (Å²) >= 11 is 3.40. The molecule has 0 saturated carbocycles. The van der Waals surface area contributed by atoms with Crippen LogP contribution in [0.3, 0.4) is 0 Å². The lowest BCUT2D eigenvalue weighted by Gasteiger charge is -2.23. The second-order valence-electron chi connectivity index (χ2n) is 4.54. The van der Waals surface area contributed by atoms with Crippen molar-refractivity contribution in [3.05, 3.63) is 28.7 Å². The van der Waals surface area contributed by atoms with Crippen LogP contribution in [0.2, 0.25) is 0 Å². The Morgan fingerprint density at radius 2 is 2.00 bits per heavy atom. The van der Waals surface area contributed by atoms with E-state index in [0.717, 1.165) is 36.3 Å². The van der Waals surface area contributed by atoms with Crippen LogP contribution in [0.4, 0.5) is 0 Å². The van der Waals surface area contributed by atoms with Gasteiger partial charge in [0.15, 0.2) is 0 Å². The predicted octanol–water partition coefficient (Wildman–Crippen LogP) is 2.38. The van der Waals surface area contributed by atoms with Crippen molar-refractivity contribution in [1.29, 1.82) is 0 Å². The van der Waals surface area contributed by atoms with Crippen molar-refractivity contribution in [2.45, 2.75) is 25.0 Å². The highest BCUT2D eigenvalue weighted by molar-refractivity contribution is 9.10. The van der Waals surface area contributed by atoms with E-state index in [-0.39, 0.29) is 12.7 Å². The van der Waals surface area contributed by atoms with E-state index in [1.54, 1.807) is 0 Å². The van der Waals surface area contributed by atoms with Crippen molar-refractivity contribution in [3.8, 4) is 5.75 Å². The minimum Gasteiger partial charge on any atom is -0.490 e. The van der Waals surface area contributed by atoms with Gasteiger partial charge in [-0.15, -0.1) is 0 Å². The first kappa shape index (κ1) is 14.8. The molecule has 1 aromatic carbocycles. The molecule has 0 spiro atoms. The molecule has 1 aliphatic rings. The molecule has 5 heteroatoms. The zero-order valence-corrected chi connectivity index (χ0v) is 12.3. The van der Waals surface area contributed by atoms with Crippen molar-refractivity contribution in [2.75, 3.05) is 26.4 Å². The molecule has 1 atom stereocenters. The number of rotatable bonds is 6. The average Bonchev–Trinajstić information content (AvgIpc) is 2.45. The second kappa shape index (κ2) is 7.85. The first-order valence-electron chi connectivity index (χ1n) is 6.50. The number of ether oxygens (including phenoxy) is 3. The van der Waals surface area contributed by atoms with Gasteiger partial charge in [0.25, 0.3) is 0 Å². The van der Waals surface area contributed by atoms with Crippen molar-refractivity contribution in [2.24, 2.45) is 0 Å². The van der Waals surface area contributed by atoms with Crippen LogP contribution in [0.25, 0.3) is 0 Å². The number of hydrogen-bond donors (Lipinski definition) is 1. The molecule has 1 N–H and O–H groups in total. The molecule has 0 amide bonds. The van der Waals surface area contributed by atoms with Gasteiger partial charge in [-0.2, -0.15) is 0 Å². The van der Waals surface area contributed by atoms with Gasteiger partial charge in [0.05, 0.1) is 17.2 Å². The summed E-state index contributed by atoms with van der Waals surface area (Å²) in [5, 5.41) is 9.84. The van der Waals surface area contributed by atoms with Crippen LogP contribution < -0.4 is 4.74 Å². The molecule has 1 aromatic rings. The number of benzene rings is 1.